The van der Waals surface area contributed by atoms with Gasteiger partial charge in [-0.3, -0.25) is 10.1 Å². The minimum Gasteiger partial charge on any atom is -0.465 e. The minimum atomic E-state index is -0.584. The van der Waals surface area contributed by atoms with Crippen LogP contribution >= 0.6 is 0 Å². The number of nitro groups is 1. The van der Waals surface area contributed by atoms with E-state index in [1.807, 2.05) is 12.1 Å². The summed E-state index contributed by atoms with van der Waals surface area (Å²) in [6.07, 6.45) is 5.12. The third kappa shape index (κ3) is 4.14. The monoisotopic (exact) mass is 470 g/mol. The van der Waals surface area contributed by atoms with E-state index in [1.165, 1.54) is 25.3 Å². The van der Waals surface area contributed by atoms with Crippen molar-refractivity contribution in [3.05, 3.63) is 111 Å². The summed E-state index contributed by atoms with van der Waals surface area (Å²) in [5.41, 5.74) is 3.46. The van der Waals surface area contributed by atoms with Crippen molar-refractivity contribution in [2.24, 2.45) is 5.92 Å². The number of non-ortho nitro benzene ring substituents is 1. The highest BCUT2D eigenvalue weighted by Gasteiger charge is 2.38. The molecule has 1 aliphatic carbocycles. The average molecular weight is 470 g/mol. The molecule has 2 aliphatic rings. The van der Waals surface area contributed by atoms with Crippen LogP contribution in [0, 0.1) is 16.0 Å². The summed E-state index contributed by atoms with van der Waals surface area (Å²) in [6.45, 7) is 0. The van der Waals surface area contributed by atoms with E-state index in [4.69, 9.17) is 9.47 Å². The van der Waals surface area contributed by atoms with Gasteiger partial charge in [0.15, 0.2) is 0 Å². The number of hydrogen-bond donors (Lipinski definition) is 1. The van der Waals surface area contributed by atoms with Gasteiger partial charge in [-0.2, -0.15) is 0 Å². The zero-order valence-corrected chi connectivity index (χ0v) is 18.8. The van der Waals surface area contributed by atoms with Crippen LogP contribution in [0.2, 0.25) is 0 Å². The number of para-hydroxylation sites is 1. The molecule has 35 heavy (non-hydrogen) atoms. The summed E-state index contributed by atoms with van der Waals surface area (Å²) in [7, 11) is 1.27. The van der Waals surface area contributed by atoms with E-state index in [0.717, 1.165) is 23.2 Å². The van der Waals surface area contributed by atoms with Crippen LogP contribution in [0.3, 0.4) is 0 Å². The Morgan fingerprint density at radius 3 is 2.54 bits per heavy atom. The maximum absolute atomic E-state index is 13.0. The Labute approximate surface area is 201 Å². The molecule has 5 rings (SSSR count). The van der Waals surface area contributed by atoms with Crippen molar-refractivity contribution in [2.75, 3.05) is 12.4 Å². The summed E-state index contributed by atoms with van der Waals surface area (Å²) in [6, 6.07) is 18.4. The van der Waals surface area contributed by atoms with Crippen molar-refractivity contribution < 1.29 is 24.0 Å². The van der Waals surface area contributed by atoms with Crippen LogP contribution in [0.1, 0.15) is 50.2 Å². The van der Waals surface area contributed by atoms with Crippen LogP contribution in [0.25, 0.3) is 0 Å². The molecule has 0 radical (unpaired) electrons. The summed E-state index contributed by atoms with van der Waals surface area (Å²) in [5.74, 6) is -0.728. The van der Waals surface area contributed by atoms with Gasteiger partial charge in [0.05, 0.1) is 23.6 Å². The zero-order chi connectivity index (χ0) is 24.5. The second-order valence-corrected chi connectivity index (χ2v) is 8.50. The molecule has 1 N–H and O–H groups in total. The topological polar surface area (TPSA) is 108 Å². The molecule has 0 bridgehead atoms. The van der Waals surface area contributed by atoms with Gasteiger partial charge in [-0.05, 0) is 53.8 Å². The number of anilines is 1. The number of carbonyl (C=O) groups excluding carboxylic acids is 2. The van der Waals surface area contributed by atoms with E-state index in [9.17, 15) is 19.7 Å². The summed E-state index contributed by atoms with van der Waals surface area (Å²) in [4.78, 5) is 35.6. The number of esters is 2. The molecule has 0 saturated heterocycles. The molecule has 0 unspecified atom stereocenters. The molecule has 3 aromatic carbocycles. The zero-order valence-electron chi connectivity index (χ0n) is 18.8. The second-order valence-electron chi connectivity index (χ2n) is 8.50. The van der Waals surface area contributed by atoms with Crippen molar-refractivity contribution in [3.8, 4) is 5.75 Å². The first-order valence-corrected chi connectivity index (χ1v) is 11.2. The smallest absolute Gasteiger partial charge is 0.343 e. The number of nitro benzene ring substituents is 1. The van der Waals surface area contributed by atoms with Gasteiger partial charge < -0.3 is 14.8 Å². The number of rotatable bonds is 5. The number of nitrogens with one attached hydrogen (secondary N) is 1. The van der Waals surface area contributed by atoms with Crippen molar-refractivity contribution in [1.29, 1.82) is 0 Å². The van der Waals surface area contributed by atoms with Gasteiger partial charge >= 0.3 is 11.9 Å². The highest BCUT2D eigenvalue weighted by Crippen LogP contribution is 2.50. The summed E-state index contributed by atoms with van der Waals surface area (Å²) < 4.78 is 10.3. The van der Waals surface area contributed by atoms with Gasteiger partial charge in [0, 0.05) is 23.7 Å². The number of allylic oxidation sites excluding steroid dienone is 2. The second kappa shape index (κ2) is 9.06. The lowest BCUT2D eigenvalue weighted by Gasteiger charge is -2.37. The molecule has 8 heteroatoms. The number of fused-ring (bicyclic) bond motifs is 3. The predicted octanol–water partition coefficient (Wildman–Crippen LogP) is 5.43. The lowest BCUT2D eigenvalue weighted by Crippen LogP contribution is -2.29. The minimum absolute atomic E-state index is 0.0203. The molecule has 0 spiro atoms. The SMILES string of the molecule is COC(=O)c1ccccc1OC(=O)c1ccc2c(c1)[C@@H]1C=CC[C@H]1[C@@H](c1ccc([N+](=O)[O-])cc1)N2. The Morgan fingerprint density at radius 1 is 1.03 bits per heavy atom. The Bertz CT molecular complexity index is 1350. The molecule has 0 amide bonds. The standard InChI is InChI=1S/C27H22N2O6/c1-34-27(31)21-5-2-3-8-24(21)35-26(30)17-11-14-23-22(15-17)19-6-4-7-20(19)25(28-23)16-9-12-18(13-10-16)29(32)33/h2-6,8-15,19-20,25,28H,7H2,1H3/t19-,20-,25-/m1/s1. The third-order valence-corrected chi connectivity index (χ3v) is 6.56. The normalized spacial score (nSPS) is 19.7. The summed E-state index contributed by atoms with van der Waals surface area (Å²) >= 11 is 0. The van der Waals surface area contributed by atoms with Crippen molar-refractivity contribution in [2.45, 2.75) is 18.4 Å². The van der Waals surface area contributed by atoms with E-state index >= 15 is 0 Å². The van der Waals surface area contributed by atoms with Crippen LogP contribution < -0.4 is 10.1 Å². The van der Waals surface area contributed by atoms with Crippen LogP contribution in [0.5, 0.6) is 5.75 Å². The van der Waals surface area contributed by atoms with E-state index in [0.29, 0.717) is 5.56 Å². The Balaban J connectivity index is 1.42. The van der Waals surface area contributed by atoms with Crippen LogP contribution in [0.4, 0.5) is 11.4 Å². The van der Waals surface area contributed by atoms with Crippen molar-refractivity contribution in [3.63, 3.8) is 0 Å². The molecule has 1 heterocycles. The molecule has 3 atom stereocenters. The molecular weight excluding hydrogens is 448 g/mol. The summed E-state index contributed by atoms with van der Waals surface area (Å²) in [5, 5.41) is 14.6. The first-order valence-electron chi connectivity index (χ1n) is 11.2. The van der Waals surface area contributed by atoms with Crippen LogP contribution in [0.15, 0.2) is 78.9 Å². The number of carbonyl (C=O) groups is 2. The van der Waals surface area contributed by atoms with Gasteiger partial charge in [0.25, 0.3) is 5.69 Å². The fourth-order valence-electron chi connectivity index (χ4n) is 4.85. The first kappa shape index (κ1) is 22.3. The quantitative estimate of drug-likeness (QED) is 0.174. The van der Waals surface area contributed by atoms with Gasteiger partial charge in [-0.15, -0.1) is 0 Å². The number of hydrogen-bond acceptors (Lipinski definition) is 7. The lowest BCUT2D eigenvalue weighted by molar-refractivity contribution is -0.384. The maximum atomic E-state index is 13.0. The van der Waals surface area contributed by atoms with E-state index in [2.05, 4.69) is 17.5 Å². The van der Waals surface area contributed by atoms with Crippen molar-refractivity contribution >= 4 is 23.3 Å². The third-order valence-electron chi connectivity index (χ3n) is 6.56. The molecule has 0 fully saturated rings. The van der Waals surface area contributed by atoms with E-state index in [-0.39, 0.29) is 34.9 Å². The molecule has 8 nitrogen and oxygen atoms in total. The molecular formula is C27H22N2O6. The van der Waals surface area contributed by atoms with Crippen LogP contribution in [-0.2, 0) is 4.74 Å². The van der Waals surface area contributed by atoms with Gasteiger partial charge in [0.1, 0.15) is 11.3 Å². The van der Waals surface area contributed by atoms with E-state index < -0.39 is 16.9 Å². The number of benzene rings is 3. The molecule has 0 saturated carbocycles. The Hall–Kier alpha value is -4.46. The molecule has 0 aromatic heterocycles. The number of methoxy groups -OCH3 is 1. The highest BCUT2D eigenvalue weighted by atomic mass is 16.6. The van der Waals surface area contributed by atoms with Gasteiger partial charge in [-0.1, -0.05) is 36.4 Å². The van der Waals surface area contributed by atoms with E-state index in [1.54, 1.807) is 36.4 Å². The average Bonchev–Trinajstić information content (AvgIpc) is 3.38. The highest BCUT2D eigenvalue weighted by molar-refractivity contribution is 5.96. The fourth-order valence-corrected chi connectivity index (χ4v) is 4.85. The maximum Gasteiger partial charge on any atom is 0.343 e. The molecule has 176 valence electrons. The fraction of sp³-hybridized carbons (Fsp3) is 0.185. The largest absolute Gasteiger partial charge is 0.465 e. The van der Waals surface area contributed by atoms with Crippen molar-refractivity contribution in [1.82, 2.24) is 0 Å². The molecule has 3 aromatic rings. The number of ether oxygens (including phenoxy) is 2. The Morgan fingerprint density at radius 2 is 1.80 bits per heavy atom. The predicted molar refractivity (Wildman–Crippen MR) is 129 cm³/mol. The first-order chi connectivity index (χ1) is 17.0. The van der Waals surface area contributed by atoms with Gasteiger partial charge in [-0.25, -0.2) is 9.59 Å². The van der Waals surface area contributed by atoms with Gasteiger partial charge in [0.2, 0.25) is 0 Å². The Kier molecular flexibility index (Phi) is 5.78. The van der Waals surface area contributed by atoms with Crippen LogP contribution in [-0.4, -0.2) is 24.0 Å². The molecule has 1 aliphatic heterocycles. The number of nitrogens with zero attached hydrogens (tertiary/aromatic N) is 1. The lowest BCUT2D eigenvalue weighted by atomic mass is 9.76.